The second kappa shape index (κ2) is 7.47. The Balaban J connectivity index is 1.74. The number of nitrogens with one attached hydrogen (secondary N) is 3. The van der Waals surface area contributed by atoms with Gasteiger partial charge in [-0.1, -0.05) is 0 Å². The molecule has 1 aromatic carbocycles. The van der Waals surface area contributed by atoms with E-state index >= 15 is 0 Å². The number of imidazole rings is 1. The molecular formula is C20H19FN6O3. The van der Waals surface area contributed by atoms with Crippen molar-refractivity contribution in [2.75, 3.05) is 19.5 Å². The van der Waals surface area contributed by atoms with Crippen LogP contribution in [0.1, 0.15) is 5.56 Å². The highest BCUT2D eigenvalue weighted by atomic mass is 19.1. The third-order valence-electron chi connectivity index (χ3n) is 4.77. The van der Waals surface area contributed by atoms with E-state index in [1.165, 1.54) is 12.1 Å². The molecule has 1 amide bonds. The predicted molar refractivity (Wildman–Crippen MR) is 109 cm³/mol. The molecule has 10 heteroatoms. The minimum atomic E-state index is -1.01. The topological polar surface area (TPSA) is 114 Å². The number of benzene rings is 1. The van der Waals surface area contributed by atoms with Crippen molar-refractivity contribution >= 4 is 39.8 Å². The van der Waals surface area contributed by atoms with Crippen molar-refractivity contribution in [1.29, 1.82) is 0 Å². The number of aryl methyl sites for hydroxylation is 1. The number of pyridine rings is 1. The fourth-order valence-corrected chi connectivity index (χ4v) is 3.38. The van der Waals surface area contributed by atoms with Gasteiger partial charge >= 0.3 is 11.9 Å². The zero-order valence-corrected chi connectivity index (χ0v) is 16.5. The summed E-state index contributed by atoms with van der Waals surface area (Å²) in [5.41, 5.74) is 4.01. The van der Waals surface area contributed by atoms with E-state index < -0.39 is 17.7 Å². The Bertz CT molecular complexity index is 1290. The van der Waals surface area contributed by atoms with E-state index in [1.807, 2.05) is 17.7 Å². The molecule has 3 N–H and O–H groups in total. The first-order valence-electron chi connectivity index (χ1n) is 9.08. The first kappa shape index (κ1) is 19.4. The average Bonchev–Trinajstić information content (AvgIpc) is 3.33. The van der Waals surface area contributed by atoms with Crippen molar-refractivity contribution in [1.82, 2.24) is 24.8 Å². The number of carbonyl (C=O) groups is 2. The maximum atomic E-state index is 14.2. The predicted octanol–water partition coefficient (Wildman–Crippen LogP) is 2.09. The number of carbonyl (C=O) groups excluding carboxylic acids is 2. The van der Waals surface area contributed by atoms with E-state index in [0.717, 1.165) is 23.5 Å². The van der Waals surface area contributed by atoms with Crippen LogP contribution in [0.15, 0.2) is 30.6 Å². The molecular weight excluding hydrogens is 391 g/mol. The van der Waals surface area contributed by atoms with Crippen molar-refractivity contribution in [2.24, 2.45) is 7.05 Å². The minimum Gasteiger partial charge on any atom is -0.462 e. The third kappa shape index (κ3) is 3.32. The van der Waals surface area contributed by atoms with Crippen LogP contribution in [-0.4, -0.2) is 45.6 Å². The Kier molecular flexibility index (Phi) is 4.82. The maximum absolute atomic E-state index is 14.2. The van der Waals surface area contributed by atoms with Crippen LogP contribution < -0.4 is 10.6 Å². The van der Waals surface area contributed by atoms with Crippen LogP contribution >= 0.6 is 0 Å². The lowest BCUT2D eigenvalue weighted by atomic mass is 10.1. The number of amides is 1. The summed E-state index contributed by atoms with van der Waals surface area (Å²) < 4.78 is 20.5. The number of hydrogen-bond acceptors (Lipinski definition) is 6. The highest BCUT2D eigenvalue weighted by Crippen LogP contribution is 2.32. The summed E-state index contributed by atoms with van der Waals surface area (Å²) in [6, 6.07) is 6.29. The van der Waals surface area contributed by atoms with Gasteiger partial charge in [0.05, 0.1) is 19.0 Å². The van der Waals surface area contributed by atoms with Crippen LogP contribution in [0, 0.1) is 5.82 Å². The van der Waals surface area contributed by atoms with Gasteiger partial charge in [-0.05, 0) is 29.8 Å². The van der Waals surface area contributed by atoms with Crippen molar-refractivity contribution in [3.63, 3.8) is 0 Å². The lowest BCUT2D eigenvalue weighted by molar-refractivity contribution is -0.152. The molecule has 0 saturated heterocycles. The zero-order chi connectivity index (χ0) is 21.4. The molecule has 4 rings (SSSR count). The van der Waals surface area contributed by atoms with Gasteiger partial charge in [0.1, 0.15) is 17.0 Å². The summed E-state index contributed by atoms with van der Waals surface area (Å²) in [5.74, 6) is -1.73. The Hall–Kier alpha value is -3.95. The highest BCUT2D eigenvalue weighted by molar-refractivity contribution is 6.32. The van der Waals surface area contributed by atoms with Crippen molar-refractivity contribution < 1.29 is 18.7 Å². The quantitative estimate of drug-likeness (QED) is 0.351. The lowest BCUT2D eigenvalue weighted by Gasteiger charge is -2.06. The van der Waals surface area contributed by atoms with Gasteiger partial charge in [-0.3, -0.25) is 4.79 Å². The molecule has 9 nitrogen and oxygen atoms in total. The smallest absolute Gasteiger partial charge is 0.396 e. The van der Waals surface area contributed by atoms with E-state index in [9.17, 15) is 14.0 Å². The fourth-order valence-electron chi connectivity index (χ4n) is 3.38. The molecule has 3 aromatic heterocycles. The molecule has 30 heavy (non-hydrogen) atoms. The molecule has 0 saturated carbocycles. The number of nitrogens with zero attached hydrogens (tertiary/aromatic N) is 3. The number of methoxy groups -OCH3 is 1. The summed E-state index contributed by atoms with van der Waals surface area (Å²) in [6.45, 7) is -0.0208. The monoisotopic (exact) mass is 410 g/mol. The van der Waals surface area contributed by atoms with Gasteiger partial charge in [0.15, 0.2) is 5.82 Å². The number of esters is 1. The van der Waals surface area contributed by atoms with Gasteiger partial charge < -0.3 is 24.9 Å². The third-order valence-corrected chi connectivity index (χ3v) is 4.77. The van der Waals surface area contributed by atoms with Gasteiger partial charge in [-0.15, -0.1) is 0 Å². The van der Waals surface area contributed by atoms with E-state index in [4.69, 9.17) is 0 Å². The number of ether oxygens (including phenoxy) is 1. The zero-order valence-electron chi connectivity index (χ0n) is 16.5. The van der Waals surface area contributed by atoms with Gasteiger partial charge in [0.2, 0.25) is 0 Å². The number of aromatic amines is 1. The second-order valence-corrected chi connectivity index (χ2v) is 6.73. The van der Waals surface area contributed by atoms with Crippen LogP contribution in [0.5, 0.6) is 0 Å². The van der Waals surface area contributed by atoms with E-state index in [-0.39, 0.29) is 6.54 Å². The van der Waals surface area contributed by atoms with E-state index in [2.05, 4.69) is 30.3 Å². The Labute approximate surface area is 170 Å². The highest BCUT2D eigenvalue weighted by Gasteiger charge is 2.16. The molecule has 0 aliphatic carbocycles. The normalized spacial score (nSPS) is 11.1. The summed E-state index contributed by atoms with van der Waals surface area (Å²) in [4.78, 5) is 35.0. The number of rotatable bonds is 4. The lowest BCUT2D eigenvalue weighted by Crippen LogP contribution is -2.31. The SMILES string of the molecule is CNc1nc2[nH]c(-c3cc(F)cc(CNC(=O)C(=O)OC)c3)cc2c2c1ncn2C. The molecule has 0 spiro atoms. The number of H-pyrrole nitrogens is 1. The van der Waals surface area contributed by atoms with Gasteiger partial charge in [-0.2, -0.15) is 0 Å². The van der Waals surface area contributed by atoms with Crippen molar-refractivity contribution in [3.8, 4) is 11.3 Å². The van der Waals surface area contributed by atoms with Crippen LogP contribution in [-0.2, 0) is 27.9 Å². The van der Waals surface area contributed by atoms with Crippen LogP contribution in [0.4, 0.5) is 10.2 Å². The first-order chi connectivity index (χ1) is 14.4. The van der Waals surface area contributed by atoms with E-state index in [1.54, 1.807) is 19.4 Å². The van der Waals surface area contributed by atoms with Crippen LogP contribution in [0.3, 0.4) is 0 Å². The molecule has 4 aromatic rings. The number of anilines is 1. The van der Waals surface area contributed by atoms with Crippen LogP contribution in [0.2, 0.25) is 0 Å². The number of aromatic nitrogens is 4. The number of fused-ring (bicyclic) bond motifs is 3. The van der Waals surface area contributed by atoms with E-state index in [0.29, 0.717) is 28.3 Å². The summed E-state index contributed by atoms with van der Waals surface area (Å²) in [5, 5.41) is 6.29. The molecule has 154 valence electrons. The van der Waals surface area contributed by atoms with Crippen molar-refractivity contribution in [2.45, 2.75) is 6.54 Å². The number of hydrogen-bond donors (Lipinski definition) is 3. The molecule has 0 aliphatic rings. The van der Waals surface area contributed by atoms with Gasteiger partial charge in [0.25, 0.3) is 0 Å². The molecule has 0 aliphatic heterocycles. The molecule has 0 bridgehead atoms. The Morgan fingerprint density at radius 3 is 2.80 bits per heavy atom. The largest absolute Gasteiger partial charge is 0.462 e. The first-order valence-corrected chi connectivity index (χ1v) is 9.08. The standard InChI is InChI=1S/C20H19FN6O3/c1-22-18-15-16(27(2)9-24-15)13-7-14(25-17(13)26-18)11-4-10(5-12(21)6-11)8-23-19(28)20(29)30-3/h4-7,9H,8H2,1-3H3,(H,23,28)(H2,22,25,26). The Morgan fingerprint density at radius 1 is 1.27 bits per heavy atom. The van der Waals surface area contributed by atoms with Gasteiger partial charge in [0, 0.05) is 37.3 Å². The molecule has 3 heterocycles. The fraction of sp³-hybridized carbons (Fsp3) is 0.200. The van der Waals surface area contributed by atoms with Gasteiger partial charge in [-0.25, -0.2) is 19.2 Å². The Morgan fingerprint density at radius 2 is 2.07 bits per heavy atom. The minimum absolute atomic E-state index is 0.0208. The molecule has 0 unspecified atom stereocenters. The van der Waals surface area contributed by atoms with Crippen LogP contribution in [0.25, 0.3) is 33.3 Å². The molecule has 0 fully saturated rings. The number of halogens is 1. The summed E-state index contributed by atoms with van der Waals surface area (Å²) in [7, 11) is 4.78. The summed E-state index contributed by atoms with van der Waals surface area (Å²) >= 11 is 0. The maximum Gasteiger partial charge on any atom is 0.396 e. The summed E-state index contributed by atoms with van der Waals surface area (Å²) in [6.07, 6.45) is 1.71. The molecule has 0 atom stereocenters. The van der Waals surface area contributed by atoms with Crippen molar-refractivity contribution in [3.05, 3.63) is 42.0 Å². The second-order valence-electron chi connectivity index (χ2n) is 6.73. The molecule has 0 radical (unpaired) electrons. The average molecular weight is 410 g/mol.